The van der Waals surface area contributed by atoms with Crippen LogP contribution < -0.4 is 4.74 Å². The molecule has 0 aliphatic heterocycles. The van der Waals surface area contributed by atoms with Gasteiger partial charge in [-0.2, -0.15) is 0 Å². The number of aromatic hydroxyl groups is 1. The average molecular weight is 305 g/mol. The largest absolute Gasteiger partial charge is 0.508 e. The normalized spacial score (nSPS) is 10.0. The highest BCUT2D eigenvalue weighted by molar-refractivity contribution is 14.1. The zero-order chi connectivity index (χ0) is 9.68. The molecule has 0 aliphatic rings. The van der Waals surface area contributed by atoms with Gasteiger partial charge in [0.15, 0.2) is 0 Å². The van der Waals surface area contributed by atoms with Crippen LogP contribution in [-0.4, -0.2) is 22.0 Å². The first-order valence-electron chi connectivity index (χ1n) is 4.00. The van der Waals surface area contributed by atoms with Gasteiger partial charge in [-0.25, -0.2) is 0 Å². The van der Waals surface area contributed by atoms with Crippen molar-refractivity contribution < 1.29 is 9.84 Å². The molecular formula is C9H10IO2Si. The predicted molar refractivity (Wildman–Crippen MR) is 61.5 cm³/mol. The van der Waals surface area contributed by atoms with E-state index in [-0.39, 0.29) is 5.75 Å². The van der Waals surface area contributed by atoms with E-state index in [1.807, 2.05) is 6.07 Å². The second kappa shape index (κ2) is 5.49. The molecule has 0 amide bonds. The van der Waals surface area contributed by atoms with Crippen molar-refractivity contribution in [3.63, 3.8) is 0 Å². The molecule has 69 valence electrons. The Morgan fingerprint density at radius 3 is 2.92 bits per heavy atom. The van der Waals surface area contributed by atoms with Crippen molar-refractivity contribution in [3.8, 4) is 11.5 Å². The van der Waals surface area contributed by atoms with Gasteiger partial charge in [0, 0.05) is 16.3 Å². The van der Waals surface area contributed by atoms with Crippen LogP contribution in [0.25, 0.3) is 0 Å². The number of ether oxygens (including phenoxy) is 1. The average Bonchev–Trinajstić information content (AvgIpc) is 2.11. The lowest BCUT2D eigenvalue weighted by Crippen LogP contribution is -1.98. The molecule has 1 aromatic carbocycles. The van der Waals surface area contributed by atoms with Crippen LogP contribution in [0, 0.1) is 3.57 Å². The van der Waals surface area contributed by atoms with Gasteiger partial charge in [0.05, 0.1) is 10.2 Å². The first-order chi connectivity index (χ1) is 6.24. The van der Waals surface area contributed by atoms with E-state index in [1.54, 1.807) is 12.1 Å². The van der Waals surface area contributed by atoms with Crippen molar-refractivity contribution in [1.82, 2.24) is 0 Å². The highest BCUT2D eigenvalue weighted by Crippen LogP contribution is 2.25. The molecule has 0 bridgehead atoms. The zero-order valence-electron chi connectivity index (χ0n) is 7.09. The van der Waals surface area contributed by atoms with E-state index >= 15 is 0 Å². The van der Waals surface area contributed by atoms with Crippen molar-refractivity contribution in [3.05, 3.63) is 21.8 Å². The third-order valence-electron chi connectivity index (χ3n) is 1.49. The lowest BCUT2D eigenvalue weighted by Gasteiger charge is -2.07. The molecule has 0 saturated carbocycles. The van der Waals surface area contributed by atoms with Gasteiger partial charge in [-0.3, -0.25) is 0 Å². The van der Waals surface area contributed by atoms with Crippen LogP contribution in [0.5, 0.6) is 11.5 Å². The summed E-state index contributed by atoms with van der Waals surface area (Å²) in [7, 11) is 3.37. The SMILES string of the molecule is Oc1ccc(I)c(OCCC[Si])c1. The van der Waals surface area contributed by atoms with Crippen LogP contribution in [0.4, 0.5) is 0 Å². The molecule has 0 aromatic heterocycles. The Bertz CT molecular complexity index is 278. The molecule has 1 aromatic rings. The molecule has 0 saturated heterocycles. The lowest BCUT2D eigenvalue weighted by atomic mass is 10.3. The van der Waals surface area contributed by atoms with Gasteiger partial charge in [-0.1, -0.05) is 6.04 Å². The predicted octanol–water partition coefficient (Wildman–Crippen LogP) is 2.35. The molecule has 0 atom stereocenters. The summed E-state index contributed by atoms with van der Waals surface area (Å²) in [4.78, 5) is 0. The number of hydrogen-bond acceptors (Lipinski definition) is 2. The molecule has 1 N–H and O–H groups in total. The zero-order valence-corrected chi connectivity index (χ0v) is 10.2. The van der Waals surface area contributed by atoms with Crippen LogP contribution in [0.3, 0.4) is 0 Å². The summed E-state index contributed by atoms with van der Waals surface area (Å²) in [5.74, 6) is 0.995. The fraction of sp³-hybridized carbons (Fsp3) is 0.333. The van der Waals surface area contributed by atoms with Gasteiger partial charge < -0.3 is 9.84 Å². The Morgan fingerprint density at radius 1 is 1.46 bits per heavy atom. The summed E-state index contributed by atoms with van der Waals surface area (Å²) in [6, 6.07) is 6.04. The van der Waals surface area contributed by atoms with E-state index in [2.05, 4.69) is 32.8 Å². The molecule has 0 unspecified atom stereocenters. The van der Waals surface area contributed by atoms with E-state index < -0.39 is 0 Å². The minimum atomic E-state index is 0.244. The number of phenolic OH excluding ortho intramolecular Hbond substituents is 1. The fourth-order valence-electron chi connectivity index (χ4n) is 0.857. The third kappa shape index (κ3) is 3.56. The molecule has 4 heteroatoms. The smallest absolute Gasteiger partial charge is 0.136 e. The van der Waals surface area contributed by atoms with Crippen molar-refractivity contribution in [2.45, 2.75) is 12.5 Å². The summed E-state index contributed by atoms with van der Waals surface area (Å²) in [5, 5.41) is 9.20. The number of rotatable bonds is 4. The van der Waals surface area contributed by atoms with Gasteiger partial charge in [0.25, 0.3) is 0 Å². The van der Waals surface area contributed by atoms with Gasteiger partial charge >= 0.3 is 0 Å². The maximum atomic E-state index is 9.20. The van der Waals surface area contributed by atoms with E-state index in [1.165, 1.54) is 0 Å². The molecular weight excluding hydrogens is 295 g/mol. The summed E-state index contributed by atoms with van der Waals surface area (Å²) in [5.41, 5.74) is 0. The summed E-state index contributed by atoms with van der Waals surface area (Å²) in [6.07, 6.45) is 0.961. The number of benzene rings is 1. The number of halogens is 1. The second-order valence-corrected chi connectivity index (χ2v) is 4.23. The van der Waals surface area contributed by atoms with Crippen molar-refractivity contribution >= 4 is 32.8 Å². The van der Waals surface area contributed by atoms with E-state index in [4.69, 9.17) is 4.74 Å². The molecule has 0 fully saturated rings. The Labute approximate surface area is 94.9 Å². The summed E-state index contributed by atoms with van der Waals surface area (Å²) >= 11 is 2.18. The number of hydrogen-bond donors (Lipinski definition) is 1. The molecule has 1 rings (SSSR count). The Morgan fingerprint density at radius 2 is 2.23 bits per heavy atom. The molecule has 0 spiro atoms. The lowest BCUT2D eigenvalue weighted by molar-refractivity contribution is 0.313. The van der Waals surface area contributed by atoms with Crippen LogP contribution in [-0.2, 0) is 0 Å². The van der Waals surface area contributed by atoms with Crippen LogP contribution in [0.15, 0.2) is 18.2 Å². The minimum absolute atomic E-state index is 0.244. The van der Waals surface area contributed by atoms with Gasteiger partial charge in [-0.05, 0) is 41.1 Å². The molecule has 0 aliphatic carbocycles. The summed E-state index contributed by atoms with van der Waals surface area (Å²) in [6.45, 7) is 0.670. The van der Waals surface area contributed by atoms with Gasteiger partial charge in [-0.15, -0.1) is 0 Å². The molecule has 3 radical (unpaired) electrons. The third-order valence-corrected chi connectivity index (χ3v) is 2.74. The Kier molecular flexibility index (Phi) is 4.58. The highest BCUT2D eigenvalue weighted by atomic mass is 127. The van der Waals surface area contributed by atoms with E-state index in [0.29, 0.717) is 6.61 Å². The Balaban J connectivity index is 2.59. The van der Waals surface area contributed by atoms with Crippen LogP contribution in [0.2, 0.25) is 6.04 Å². The quantitative estimate of drug-likeness (QED) is 0.526. The first-order valence-corrected chi connectivity index (χ1v) is 5.78. The molecule has 2 nitrogen and oxygen atoms in total. The van der Waals surface area contributed by atoms with E-state index in [9.17, 15) is 5.11 Å². The molecule has 13 heavy (non-hydrogen) atoms. The standard InChI is InChI=1S/C9H10IO2Si/c10-8-3-2-7(11)6-9(8)12-4-1-5-13/h2-3,6,11H,1,4-5H2. The Hall–Kier alpha value is -0.233. The van der Waals surface area contributed by atoms with Crippen LogP contribution >= 0.6 is 22.6 Å². The second-order valence-electron chi connectivity index (χ2n) is 2.57. The highest BCUT2D eigenvalue weighted by Gasteiger charge is 2.01. The van der Waals surface area contributed by atoms with Crippen LogP contribution in [0.1, 0.15) is 6.42 Å². The van der Waals surface area contributed by atoms with E-state index in [0.717, 1.165) is 21.8 Å². The topological polar surface area (TPSA) is 29.5 Å². The number of phenols is 1. The summed E-state index contributed by atoms with van der Waals surface area (Å²) < 4.78 is 6.48. The van der Waals surface area contributed by atoms with Crippen molar-refractivity contribution in [2.24, 2.45) is 0 Å². The van der Waals surface area contributed by atoms with Crippen molar-refractivity contribution in [2.75, 3.05) is 6.61 Å². The first kappa shape index (κ1) is 10.8. The minimum Gasteiger partial charge on any atom is -0.508 e. The maximum Gasteiger partial charge on any atom is 0.136 e. The van der Waals surface area contributed by atoms with Crippen molar-refractivity contribution in [1.29, 1.82) is 0 Å². The fourth-order valence-corrected chi connectivity index (χ4v) is 1.49. The van der Waals surface area contributed by atoms with Gasteiger partial charge in [0.1, 0.15) is 11.5 Å². The molecule has 0 heterocycles. The maximum absolute atomic E-state index is 9.20. The monoisotopic (exact) mass is 305 g/mol. The van der Waals surface area contributed by atoms with Gasteiger partial charge in [0.2, 0.25) is 0 Å².